The fraction of sp³-hybridized carbons (Fsp3) is 0.647. The predicted molar refractivity (Wildman–Crippen MR) is 99.2 cm³/mol. The molecule has 1 aromatic rings. The number of methoxy groups -OCH3 is 1. The lowest BCUT2D eigenvalue weighted by molar-refractivity contribution is -0.137. The maximum atomic E-state index is 12.9. The first-order valence-corrected chi connectivity index (χ1v) is 8.17. The van der Waals surface area contributed by atoms with Crippen molar-refractivity contribution in [1.29, 1.82) is 0 Å². The lowest BCUT2D eigenvalue weighted by atomic mass is 9.96. The average molecular weight is 403 g/mol. The maximum Gasteiger partial charge on any atom is 0.416 e. The van der Waals surface area contributed by atoms with Gasteiger partial charge in [0, 0.05) is 37.8 Å². The van der Waals surface area contributed by atoms with Crippen LogP contribution in [0.3, 0.4) is 0 Å². The molecule has 0 aromatic heterocycles. The molecule has 0 spiro atoms. The van der Waals surface area contributed by atoms with Gasteiger partial charge in [0.05, 0.1) is 12.7 Å². The zero-order chi connectivity index (χ0) is 16.9. The Balaban J connectivity index is 0.00000288. The summed E-state index contributed by atoms with van der Waals surface area (Å²) in [6, 6.07) is 3.98. The minimum Gasteiger partial charge on any atom is -0.496 e. The molecule has 0 bridgehead atoms. The van der Waals surface area contributed by atoms with Gasteiger partial charge in [-0.25, -0.2) is 0 Å². The van der Waals surface area contributed by atoms with Gasteiger partial charge in [0.2, 0.25) is 0 Å². The van der Waals surface area contributed by atoms with Crippen molar-refractivity contribution in [1.82, 2.24) is 10.2 Å². The summed E-state index contributed by atoms with van der Waals surface area (Å²) >= 11 is 0. The molecule has 3 nitrogen and oxygen atoms in total. The summed E-state index contributed by atoms with van der Waals surface area (Å²) in [5, 5.41) is 3.31. The smallest absolute Gasteiger partial charge is 0.416 e. The zero-order valence-corrected chi connectivity index (χ0v) is 16.2. The highest BCUT2D eigenvalue weighted by Crippen LogP contribution is 2.38. The number of nitrogens with one attached hydrogen (secondary N) is 1. The van der Waals surface area contributed by atoms with Gasteiger partial charge >= 0.3 is 6.18 Å². The molecule has 8 heteroatoms. The van der Waals surface area contributed by atoms with Crippen LogP contribution >= 0.6 is 24.8 Å². The second-order valence-corrected chi connectivity index (χ2v) is 5.90. The third kappa shape index (κ3) is 6.51. The normalized spacial score (nSPS) is 16.5. The lowest BCUT2D eigenvalue weighted by Crippen LogP contribution is -2.45. The fourth-order valence-corrected chi connectivity index (χ4v) is 3.09. The van der Waals surface area contributed by atoms with E-state index in [-0.39, 0.29) is 30.9 Å². The number of alkyl halides is 3. The molecule has 1 N–H and O–H groups in total. The highest BCUT2D eigenvalue weighted by atomic mass is 35.5. The maximum absolute atomic E-state index is 12.9. The minimum atomic E-state index is -4.35. The van der Waals surface area contributed by atoms with Crippen LogP contribution in [-0.4, -0.2) is 38.2 Å². The topological polar surface area (TPSA) is 24.5 Å². The van der Waals surface area contributed by atoms with Crippen molar-refractivity contribution in [2.75, 3.05) is 33.3 Å². The standard InChI is InChI=1S/C17H25F3N2O.2ClH/c1-3-4-5-15(22-10-8-21-9-11-22)14-7-6-13(17(18,19)20)12-16(14)23-2;;/h6-7,12,15,21H,3-5,8-11H2,1-2H3;2*1H/t15-;;/m1../s1. The van der Waals surface area contributed by atoms with E-state index in [1.54, 1.807) is 6.07 Å². The molecular weight excluding hydrogens is 376 g/mol. The number of nitrogens with zero attached hydrogens (tertiary/aromatic N) is 1. The average Bonchev–Trinajstić information content (AvgIpc) is 2.55. The number of ether oxygens (including phenoxy) is 1. The quantitative estimate of drug-likeness (QED) is 0.746. The second-order valence-electron chi connectivity index (χ2n) is 5.90. The van der Waals surface area contributed by atoms with Gasteiger partial charge in [0.25, 0.3) is 0 Å². The fourth-order valence-electron chi connectivity index (χ4n) is 3.09. The first-order chi connectivity index (χ1) is 11.0. The number of hydrogen-bond acceptors (Lipinski definition) is 3. The van der Waals surface area contributed by atoms with Crippen LogP contribution < -0.4 is 10.1 Å². The van der Waals surface area contributed by atoms with Gasteiger partial charge in [-0.1, -0.05) is 25.8 Å². The molecule has 1 heterocycles. The van der Waals surface area contributed by atoms with E-state index < -0.39 is 11.7 Å². The molecule has 1 atom stereocenters. The molecule has 1 aliphatic heterocycles. The van der Waals surface area contributed by atoms with Crippen molar-refractivity contribution in [3.05, 3.63) is 29.3 Å². The van der Waals surface area contributed by atoms with Gasteiger partial charge in [-0.2, -0.15) is 13.2 Å². The Kier molecular flexibility index (Phi) is 10.8. The summed E-state index contributed by atoms with van der Waals surface area (Å²) in [5.74, 6) is 0.333. The van der Waals surface area contributed by atoms with Crippen molar-refractivity contribution < 1.29 is 17.9 Å². The van der Waals surface area contributed by atoms with Crippen LogP contribution in [0.15, 0.2) is 18.2 Å². The van der Waals surface area contributed by atoms with Crippen LogP contribution in [0.2, 0.25) is 0 Å². The molecule has 2 rings (SSSR count). The number of rotatable bonds is 6. The number of benzene rings is 1. The molecule has 1 aliphatic rings. The first-order valence-electron chi connectivity index (χ1n) is 8.17. The second kappa shape index (κ2) is 11.1. The number of hydrogen-bond donors (Lipinski definition) is 1. The summed E-state index contributed by atoms with van der Waals surface area (Å²) in [5.41, 5.74) is 0.198. The Bertz CT molecular complexity index is 509. The molecule has 0 amide bonds. The lowest BCUT2D eigenvalue weighted by Gasteiger charge is -2.36. The van der Waals surface area contributed by atoms with E-state index in [1.807, 2.05) is 0 Å². The number of halogens is 5. The van der Waals surface area contributed by atoms with E-state index in [0.717, 1.165) is 57.1 Å². The highest BCUT2D eigenvalue weighted by Gasteiger charge is 2.32. The molecule has 1 saturated heterocycles. The Morgan fingerprint density at radius 1 is 1.20 bits per heavy atom. The Labute approximate surface area is 160 Å². The summed E-state index contributed by atoms with van der Waals surface area (Å²) in [6.07, 6.45) is -1.32. The third-order valence-electron chi connectivity index (χ3n) is 4.34. The van der Waals surface area contributed by atoms with E-state index in [0.29, 0.717) is 5.75 Å². The zero-order valence-electron chi connectivity index (χ0n) is 14.6. The van der Waals surface area contributed by atoms with Gasteiger partial charge < -0.3 is 10.1 Å². The number of piperazine rings is 1. The van der Waals surface area contributed by atoms with Crippen LogP contribution in [0, 0.1) is 0 Å². The van der Waals surface area contributed by atoms with Crippen LogP contribution in [0.4, 0.5) is 13.2 Å². The monoisotopic (exact) mass is 402 g/mol. The summed E-state index contributed by atoms with van der Waals surface area (Å²) in [4.78, 5) is 2.34. The van der Waals surface area contributed by atoms with Crippen LogP contribution in [0.5, 0.6) is 5.75 Å². The Morgan fingerprint density at radius 3 is 2.36 bits per heavy atom. The van der Waals surface area contributed by atoms with Gasteiger partial charge in [0.1, 0.15) is 5.75 Å². The Hall–Kier alpha value is -0.690. The van der Waals surface area contributed by atoms with Crippen molar-refractivity contribution in [3.8, 4) is 5.75 Å². The third-order valence-corrected chi connectivity index (χ3v) is 4.34. The van der Waals surface area contributed by atoms with Crippen molar-refractivity contribution in [2.45, 2.75) is 38.4 Å². The SMILES string of the molecule is CCCC[C@H](c1ccc(C(F)(F)F)cc1OC)N1CCNCC1.Cl.Cl. The van der Waals surface area contributed by atoms with E-state index in [4.69, 9.17) is 4.74 Å². The van der Waals surface area contributed by atoms with Gasteiger partial charge in [-0.15, -0.1) is 24.8 Å². The minimum absolute atomic E-state index is 0. The van der Waals surface area contributed by atoms with Crippen molar-refractivity contribution in [3.63, 3.8) is 0 Å². The van der Waals surface area contributed by atoms with E-state index in [9.17, 15) is 13.2 Å². The van der Waals surface area contributed by atoms with E-state index in [1.165, 1.54) is 13.2 Å². The molecule has 0 aliphatic carbocycles. The molecule has 25 heavy (non-hydrogen) atoms. The molecule has 1 fully saturated rings. The largest absolute Gasteiger partial charge is 0.496 e. The van der Waals surface area contributed by atoms with Crippen LogP contribution in [-0.2, 0) is 6.18 Å². The van der Waals surface area contributed by atoms with Gasteiger partial charge in [-0.3, -0.25) is 4.90 Å². The van der Waals surface area contributed by atoms with Gasteiger partial charge in [-0.05, 0) is 18.6 Å². The molecular formula is C17H27Cl2F3N2O. The molecule has 0 unspecified atom stereocenters. The highest BCUT2D eigenvalue weighted by molar-refractivity contribution is 5.85. The number of unbranched alkanes of at least 4 members (excludes halogenated alkanes) is 1. The Morgan fingerprint density at radius 2 is 1.84 bits per heavy atom. The van der Waals surface area contributed by atoms with Gasteiger partial charge in [0.15, 0.2) is 0 Å². The molecule has 0 saturated carbocycles. The van der Waals surface area contributed by atoms with E-state index in [2.05, 4.69) is 17.1 Å². The summed E-state index contributed by atoms with van der Waals surface area (Å²) in [7, 11) is 1.44. The molecule has 146 valence electrons. The summed E-state index contributed by atoms with van der Waals surface area (Å²) in [6.45, 7) is 5.74. The van der Waals surface area contributed by atoms with Crippen LogP contribution in [0.1, 0.15) is 43.4 Å². The molecule has 1 aromatic carbocycles. The van der Waals surface area contributed by atoms with E-state index >= 15 is 0 Å². The first kappa shape index (κ1) is 24.3. The van der Waals surface area contributed by atoms with Crippen LogP contribution in [0.25, 0.3) is 0 Å². The predicted octanol–water partition coefficient (Wildman–Crippen LogP) is 4.69. The van der Waals surface area contributed by atoms with Crippen molar-refractivity contribution >= 4 is 24.8 Å². The van der Waals surface area contributed by atoms with Crippen molar-refractivity contribution in [2.24, 2.45) is 0 Å². The summed E-state index contributed by atoms with van der Waals surface area (Å²) < 4.78 is 44.1. The molecule has 0 radical (unpaired) electrons.